The Morgan fingerprint density at radius 2 is 2.06 bits per heavy atom. The number of nitrogens with two attached hydrogens (primary N) is 2. The van der Waals surface area contributed by atoms with Crippen molar-refractivity contribution in [2.45, 2.75) is 6.42 Å². The lowest BCUT2D eigenvalue weighted by molar-refractivity contribution is 0.100. The van der Waals surface area contributed by atoms with E-state index in [1.807, 2.05) is 30.3 Å². The number of hydrogen-bond donors (Lipinski definition) is 3. The smallest absolute Gasteiger partial charge is 0.260 e. The first kappa shape index (κ1) is 23.1. The summed E-state index contributed by atoms with van der Waals surface area (Å²) in [5.74, 6) is 0.323. The van der Waals surface area contributed by atoms with E-state index in [1.165, 1.54) is 0 Å². The molecule has 5 rings (SSSR count). The lowest BCUT2D eigenvalue weighted by atomic mass is 10.0. The molecule has 1 amide bonds. The first-order valence-electron chi connectivity index (χ1n) is 11.6. The Kier molecular flexibility index (Phi) is 6.30. The van der Waals surface area contributed by atoms with Crippen molar-refractivity contribution >= 4 is 49.9 Å². The van der Waals surface area contributed by atoms with Gasteiger partial charge in [-0.15, -0.1) is 11.3 Å². The van der Waals surface area contributed by atoms with Crippen LogP contribution in [0.5, 0.6) is 0 Å². The Hall–Kier alpha value is -3.65. The Morgan fingerprint density at radius 1 is 1.29 bits per heavy atom. The minimum absolute atomic E-state index is 0.221. The molecule has 35 heavy (non-hydrogen) atoms. The first-order chi connectivity index (χ1) is 17.0. The zero-order valence-electron chi connectivity index (χ0n) is 19.5. The molecule has 10 heteroatoms. The average Bonchev–Trinajstić information content (AvgIpc) is 3.43. The van der Waals surface area contributed by atoms with Gasteiger partial charge in [-0.05, 0) is 32.1 Å². The second-order valence-electron chi connectivity index (χ2n) is 8.79. The SMILES string of the molecule is CN1CCN(CCCNc2nc3sc(C(N)=O)c(N)c3c(-c3cc4ccccc4o3)c2C#N)CC1. The van der Waals surface area contributed by atoms with E-state index in [2.05, 4.69) is 33.2 Å². The summed E-state index contributed by atoms with van der Waals surface area (Å²) in [6.45, 7) is 5.90. The summed E-state index contributed by atoms with van der Waals surface area (Å²) >= 11 is 1.13. The summed E-state index contributed by atoms with van der Waals surface area (Å²) in [4.78, 5) is 22.2. The Labute approximate surface area is 206 Å². The van der Waals surface area contributed by atoms with Gasteiger partial charge in [-0.25, -0.2) is 4.98 Å². The normalized spacial score (nSPS) is 15.0. The molecule has 1 saturated heterocycles. The number of nitriles is 1. The largest absolute Gasteiger partial charge is 0.456 e. The van der Waals surface area contributed by atoms with E-state index >= 15 is 0 Å². The van der Waals surface area contributed by atoms with Gasteiger partial charge in [-0.1, -0.05) is 18.2 Å². The van der Waals surface area contributed by atoms with Crippen LogP contribution in [-0.4, -0.2) is 67.0 Å². The zero-order chi connectivity index (χ0) is 24.5. The van der Waals surface area contributed by atoms with E-state index in [0.29, 0.717) is 45.0 Å². The molecule has 3 aromatic heterocycles. The quantitative estimate of drug-likeness (QED) is 0.336. The van der Waals surface area contributed by atoms with Crippen LogP contribution in [0.2, 0.25) is 0 Å². The minimum Gasteiger partial charge on any atom is -0.456 e. The van der Waals surface area contributed by atoms with Gasteiger partial charge < -0.3 is 31.0 Å². The van der Waals surface area contributed by atoms with Gasteiger partial charge in [0.1, 0.15) is 38.5 Å². The highest BCUT2D eigenvalue weighted by molar-refractivity contribution is 7.21. The van der Waals surface area contributed by atoms with Crippen LogP contribution >= 0.6 is 11.3 Å². The van der Waals surface area contributed by atoms with Crippen LogP contribution in [-0.2, 0) is 0 Å². The summed E-state index contributed by atoms with van der Waals surface area (Å²) in [6, 6.07) is 11.8. The summed E-state index contributed by atoms with van der Waals surface area (Å²) in [7, 11) is 2.14. The molecule has 4 aromatic rings. The van der Waals surface area contributed by atoms with Gasteiger partial charge in [0.2, 0.25) is 0 Å². The predicted molar refractivity (Wildman–Crippen MR) is 140 cm³/mol. The maximum Gasteiger partial charge on any atom is 0.260 e. The zero-order valence-corrected chi connectivity index (χ0v) is 20.3. The number of hydrogen-bond acceptors (Lipinski definition) is 9. The number of nitrogen functional groups attached to an aromatic ring is 1. The molecule has 1 aliphatic rings. The number of furan rings is 1. The van der Waals surface area contributed by atoms with Crippen LogP contribution in [0.15, 0.2) is 34.7 Å². The van der Waals surface area contributed by atoms with Gasteiger partial charge in [0.25, 0.3) is 5.91 Å². The third-order valence-electron chi connectivity index (χ3n) is 6.42. The number of amides is 1. The van der Waals surface area contributed by atoms with Crippen LogP contribution in [0, 0.1) is 11.3 Å². The van der Waals surface area contributed by atoms with E-state index in [9.17, 15) is 10.1 Å². The number of thiophene rings is 1. The molecule has 0 radical (unpaired) electrons. The monoisotopic (exact) mass is 489 g/mol. The molecule has 1 aromatic carbocycles. The van der Waals surface area contributed by atoms with Gasteiger partial charge in [0.15, 0.2) is 0 Å². The third kappa shape index (κ3) is 4.41. The fourth-order valence-electron chi connectivity index (χ4n) is 4.50. The summed E-state index contributed by atoms with van der Waals surface area (Å²) in [5, 5.41) is 14.9. The van der Waals surface area contributed by atoms with Gasteiger partial charge in [0.05, 0.1) is 11.3 Å². The van der Waals surface area contributed by atoms with Crippen molar-refractivity contribution in [3.8, 4) is 17.4 Å². The van der Waals surface area contributed by atoms with Gasteiger partial charge in [-0.3, -0.25) is 4.79 Å². The molecule has 0 spiro atoms. The van der Waals surface area contributed by atoms with Crippen molar-refractivity contribution in [1.82, 2.24) is 14.8 Å². The maximum atomic E-state index is 12.0. The number of nitrogens with zero attached hydrogens (tertiary/aromatic N) is 4. The summed E-state index contributed by atoms with van der Waals surface area (Å²) in [5.41, 5.74) is 13.7. The molecule has 1 aliphatic heterocycles. The summed E-state index contributed by atoms with van der Waals surface area (Å²) in [6.07, 6.45) is 0.910. The highest BCUT2D eigenvalue weighted by atomic mass is 32.1. The lowest BCUT2D eigenvalue weighted by Gasteiger charge is -2.32. The van der Waals surface area contributed by atoms with E-state index in [1.54, 1.807) is 0 Å². The second-order valence-corrected chi connectivity index (χ2v) is 9.78. The molecule has 0 unspecified atom stereocenters. The third-order valence-corrected chi connectivity index (χ3v) is 7.54. The van der Waals surface area contributed by atoms with Crippen LogP contribution in [0.3, 0.4) is 0 Å². The van der Waals surface area contributed by atoms with Gasteiger partial charge >= 0.3 is 0 Å². The van der Waals surface area contributed by atoms with Crippen LogP contribution < -0.4 is 16.8 Å². The van der Waals surface area contributed by atoms with Crippen molar-refractivity contribution in [3.05, 3.63) is 40.8 Å². The fourth-order valence-corrected chi connectivity index (χ4v) is 5.46. The number of rotatable bonds is 7. The second kappa shape index (κ2) is 9.54. The van der Waals surface area contributed by atoms with Crippen molar-refractivity contribution < 1.29 is 9.21 Å². The molecule has 0 aliphatic carbocycles. The molecule has 4 heterocycles. The number of carbonyl (C=O) groups is 1. The standard InChI is InChI=1S/C25H27N7O2S/c1-31-9-11-32(12-10-31)8-4-7-29-24-16(14-26)19(18-13-15-5-2-3-6-17(15)34-18)20-21(27)22(23(28)33)35-25(20)30-24/h2-3,5-6,13H,4,7-12,27H2,1H3,(H2,28,33)(H,29,30). The molecule has 180 valence electrons. The molecule has 5 N–H and O–H groups in total. The van der Waals surface area contributed by atoms with Crippen molar-refractivity contribution in [1.29, 1.82) is 5.26 Å². The topological polar surface area (TPSA) is 137 Å². The number of likely N-dealkylation sites (N-methyl/N-ethyl adjacent to an activating group) is 1. The minimum atomic E-state index is -0.624. The molecule has 0 saturated carbocycles. The number of aromatic nitrogens is 1. The number of benzene rings is 1. The van der Waals surface area contributed by atoms with Crippen LogP contribution in [0.1, 0.15) is 21.7 Å². The molecular formula is C25H27N7O2S. The van der Waals surface area contributed by atoms with E-state index in [4.69, 9.17) is 15.9 Å². The highest BCUT2D eigenvalue weighted by Crippen LogP contribution is 2.44. The summed E-state index contributed by atoms with van der Waals surface area (Å²) < 4.78 is 6.11. The molecule has 0 bridgehead atoms. The number of para-hydroxylation sites is 1. The van der Waals surface area contributed by atoms with E-state index in [-0.39, 0.29) is 10.6 Å². The fraction of sp³-hybridized carbons (Fsp3) is 0.320. The van der Waals surface area contributed by atoms with Crippen molar-refractivity contribution in [2.75, 3.05) is 57.4 Å². The lowest BCUT2D eigenvalue weighted by Crippen LogP contribution is -2.44. The van der Waals surface area contributed by atoms with Crippen LogP contribution in [0.4, 0.5) is 11.5 Å². The molecule has 1 fully saturated rings. The molecule has 9 nitrogen and oxygen atoms in total. The number of anilines is 2. The molecule has 0 atom stereocenters. The number of fused-ring (bicyclic) bond motifs is 2. The number of carbonyl (C=O) groups excluding carboxylic acids is 1. The highest BCUT2D eigenvalue weighted by Gasteiger charge is 2.26. The molecular weight excluding hydrogens is 462 g/mol. The average molecular weight is 490 g/mol. The van der Waals surface area contributed by atoms with Gasteiger partial charge in [0, 0.05) is 43.5 Å². The van der Waals surface area contributed by atoms with Crippen molar-refractivity contribution in [2.24, 2.45) is 5.73 Å². The number of nitrogens with one attached hydrogen (secondary N) is 1. The van der Waals surface area contributed by atoms with Crippen molar-refractivity contribution in [3.63, 3.8) is 0 Å². The number of primary amides is 1. The van der Waals surface area contributed by atoms with Crippen LogP contribution in [0.25, 0.3) is 32.5 Å². The maximum absolute atomic E-state index is 12.0. The van der Waals surface area contributed by atoms with E-state index in [0.717, 1.165) is 55.9 Å². The Balaban J connectivity index is 1.52. The Morgan fingerprint density at radius 3 is 2.77 bits per heavy atom. The number of pyridine rings is 1. The Bertz CT molecular complexity index is 1410. The van der Waals surface area contributed by atoms with Gasteiger partial charge in [-0.2, -0.15) is 5.26 Å². The van der Waals surface area contributed by atoms with E-state index < -0.39 is 5.91 Å². The number of piperazine rings is 1. The predicted octanol–water partition coefficient (Wildman–Crippen LogP) is 3.31. The first-order valence-corrected chi connectivity index (χ1v) is 12.4.